The molecular formula is C7H10N2O3. The smallest absolute Gasteiger partial charge is 0.305 e. The lowest BCUT2D eigenvalue weighted by molar-refractivity contribution is -0.137. The van der Waals surface area contributed by atoms with Gasteiger partial charge in [0.25, 0.3) is 0 Å². The summed E-state index contributed by atoms with van der Waals surface area (Å²) in [5.41, 5.74) is 0. The van der Waals surface area contributed by atoms with Crippen LogP contribution in [0.15, 0.2) is 12.4 Å². The van der Waals surface area contributed by atoms with Crippen LogP contribution in [-0.4, -0.2) is 28.0 Å². The van der Waals surface area contributed by atoms with Crippen molar-refractivity contribution in [3.8, 4) is 5.75 Å². The number of carboxylic acid groups (broad SMARTS) is 1. The average molecular weight is 170 g/mol. The third-order valence-electron chi connectivity index (χ3n) is 1.40. The van der Waals surface area contributed by atoms with Gasteiger partial charge >= 0.3 is 5.97 Å². The Kier molecular flexibility index (Phi) is 2.68. The topological polar surface area (TPSA) is 64.4 Å². The van der Waals surface area contributed by atoms with Crippen LogP contribution in [0.5, 0.6) is 5.75 Å². The van der Waals surface area contributed by atoms with Crippen molar-refractivity contribution in [1.29, 1.82) is 0 Å². The van der Waals surface area contributed by atoms with Crippen LogP contribution < -0.4 is 4.74 Å². The SMILES string of the molecule is COc1cnn(CCC(=O)O)c1. The van der Waals surface area contributed by atoms with Crippen molar-refractivity contribution in [3.05, 3.63) is 12.4 Å². The van der Waals surface area contributed by atoms with Crippen LogP contribution in [0.4, 0.5) is 0 Å². The Morgan fingerprint density at radius 1 is 1.83 bits per heavy atom. The number of aryl methyl sites for hydroxylation is 1. The fourth-order valence-electron chi connectivity index (χ4n) is 0.782. The summed E-state index contributed by atoms with van der Waals surface area (Å²) < 4.78 is 6.41. The number of methoxy groups -OCH3 is 1. The predicted octanol–water partition coefficient (Wildman–Crippen LogP) is 0.366. The maximum Gasteiger partial charge on any atom is 0.305 e. The van der Waals surface area contributed by atoms with E-state index in [0.29, 0.717) is 12.3 Å². The van der Waals surface area contributed by atoms with Gasteiger partial charge in [0.15, 0.2) is 5.75 Å². The number of carbonyl (C=O) groups is 1. The highest BCUT2D eigenvalue weighted by molar-refractivity contribution is 5.66. The molecule has 5 heteroatoms. The van der Waals surface area contributed by atoms with Crippen molar-refractivity contribution in [2.24, 2.45) is 0 Å². The van der Waals surface area contributed by atoms with Crippen LogP contribution in [0, 0.1) is 0 Å². The maximum atomic E-state index is 10.2. The first kappa shape index (κ1) is 8.58. The van der Waals surface area contributed by atoms with Gasteiger partial charge in [-0.3, -0.25) is 9.48 Å². The Balaban J connectivity index is 2.47. The number of hydrogen-bond acceptors (Lipinski definition) is 3. The Hall–Kier alpha value is -1.52. The first-order valence-corrected chi connectivity index (χ1v) is 3.50. The van der Waals surface area contributed by atoms with Crippen LogP contribution in [0.3, 0.4) is 0 Å². The van der Waals surface area contributed by atoms with E-state index in [2.05, 4.69) is 5.10 Å². The highest BCUT2D eigenvalue weighted by Crippen LogP contribution is 2.06. The molecule has 12 heavy (non-hydrogen) atoms. The summed E-state index contributed by atoms with van der Waals surface area (Å²) in [6.07, 6.45) is 3.27. The monoisotopic (exact) mass is 170 g/mol. The number of rotatable bonds is 4. The summed E-state index contributed by atoms with van der Waals surface area (Å²) in [6.45, 7) is 0.374. The minimum atomic E-state index is -0.829. The highest BCUT2D eigenvalue weighted by atomic mass is 16.5. The van der Waals surface area contributed by atoms with Crippen molar-refractivity contribution >= 4 is 5.97 Å². The molecule has 0 spiro atoms. The lowest BCUT2D eigenvalue weighted by Crippen LogP contribution is -2.04. The average Bonchev–Trinajstić information content (AvgIpc) is 2.48. The zero-order valence-corrected chi connectivity index (χ0v) is 6.73. The summed E-state index contributed by atoms with van der Waals surface area (Å²) in [6, 6.07) is 0. The van der Waals surface area contributed by atoms with Gasteiger partial charge in [-0.1, -0.05) is 0 Å². The first-order chi connectivity index (χ1) is 5.72. The van der Waals surface area contributed by atoms with E-state index in [-0.39, 0.29) is 6.42 Å². The second-order valence-electron chi connectivity index (χ2n) is 2.29. The zero-order valence-electron chi connectivity index (χ0n) is 6.73. The van der Waals surface area contributed by atoms with E-state index in [9.17, 15) is 4.79 Å². The molecule has 0 atom stereocenters. The molecule has 0 bridgehead atoms. The van der Waals surface area contributed by atoms with Crippen LogP contribution in [0.1, 0.15) is 6.42 Å². The van der Waals surface area contributed by atoms with Crippen molar-refractivity contribution in [2.75, 3.05) is 7.11 Å². The molecule has 0 radical (unpaired) electrons. The van der Waals surface area contributed by atoms with Crippen LogP contribution in [0.25, 0.3) is 0 Å². The molecule has 1 rings (SSSR count). The number of hydrogen-bond donors (Lipinski definition) is 1. The molecule has 66 valence electrons. The molecule has 0 aliphatic heterocycles. The molecule has 0 saturated carbocycles. The zero-order chi connectivity index (χ0) is 8.97. The Bertz CT molecular complexity index is 269. The Morgan fingerprint density at radius 2 is 2.58 bits per heavy atom. The van der Waals surface area contributed by atoms with Crippen LogP contribution in [0.2, 0.25) is 0 Å². The molecule has 1 heterocycles. The highest BCUT2D eigenvalue weighted by Gasteiger charge is 2.00. The summed E-state index contributed by atoms with van der Waals surface area (Å²) in [5, 5.41) is 12.3. The lowest BCUT2D eigenvalue weighted by atomic mass is 10.4. The molecule has 1 aromatic rings. The van der Waals surface area contributed by atoms with Crippen molar-refractivity contribution in [3.63, 3.8) is 0 Å². The predicted molar refractivity (Wildman–Crippen MR) is 41.0 cm³/mol. The van der Waals surface area contributed by atoms with Gasteiger partial charge in [0.2, 0.25) is 0 Å². The van der Waals surface area contributed by atoms with E-state index in [4.69, 9.17) is 9.84 Å². The lowest BCUT2D eigenvalue weighted by Gasteiger charge is -1.95. The molecule has 0 unspecified atom stereocenters. The molecule has 0 aliphatic rings. The van der Waals surface area contributed by atoms with Gasteiger partial charge < -0.3 is 9.84 Å². The fourth-order valence-corrected chi connectivity index (χ4v) is 0.782. The number of nitrogens with zero attached hydrogens (tertiary/aromatic N) is 2. The minimum absolute atomic E-state index is 0.0742. The van der Waals surface area contributed by atoms with Gasteiger partial charge in [-0.15, -0.1) is 0 Å². The molecule has 0 aromatic carbocycles. The fraction of sp³-hybridized carbons (Fsp3) is 0.429. The summed E-state index contributed by atoms with van der Waals surface area (Å²) in [5.74, 6) is -0.190. The second-order valence-corrected chi connectivity index (χ2v) is 2.29. The van der Waals surface area contributed by atoms with Gasteiger partial charge in [-0.2, -0.15) is 5.10 Å². The molecule has 0 saturated heterocycles. The second kappa shape index (κ2) is 3.75. The largest absolute Gasteiger partial charge is 0.493 e. The quantitative estimate of drug-likeness (QED) is 0.708. The van der Waals surface area contributed by atoms with Gasteiger partial charge in [-0.25, -0.2) is 0 Å². The molecule has 0 aliphatic carbocycles. The first-order valence-electron chi connectivity index (χ1n) is 3.50. The Labute approximate surface area is 69.6 Å². The van der Waals surface area contributed by atoms with Crippen LogP contribution in [-0.2, 0) is 11.3 Å². The molecule has 1 N–H and O–H groups in total. The van der Waals surface area contributed by atoms with E-state index in [1.807, 2.05) is 0 Å². The molecular weight excluding hydrogens is 160 g/mol. The van der Waals surface area contributed by atoms with Crippen molar-refractivity contribution in [2.45, 2.75) is 13.0 Å². The van der Waals surface area contributed by atoms with Gasteiger partial charge in [0.1, 0.15) is 0 Å². The van der Waals surface area contributed by atoms with E-state index in [0.717, 1.165) is 0 Å². The third kappa shape index (κ3) is 2.26. The minimum Gasteiger partial charge on any atom is -0.493 e. The normalized spacial score (nSPS) is 9.75. The van der Waals surface area contributed by atoms with Gasteiger partial charge in [0, 0.05) is 0 Å². The molecule has 1 aromatic heterocycles. The summed E-state index contributed by atoms with van der Waals surface area (Å²) in [4.78, 5) is 10.2. The van der Waals surface area contributed by atoms with E-state index in [1.165, 1.54) is 4.68 Å². The summed E-state index contributed by atoms with van der Waals surface area (Å²) in [7, 11) is 1.54. The number of aromatic nitrogens is 2. The van der Waals surface area contributed by atoms with Crippen molar-refractivity contribution < 1.29 is 14.6 Å². The van der Waals surface area contributed by atoms with E-state index >= 15 is 0 Å². The maximum absolute atomic E-state index is 10.2. The molecule has 0 amide bonds. The number of carboxylic acids is 1. The van der Waals surface area contributed by atoms with Gasteiger partial charge in [0.05, 0.1) is 32.5 Å². The number of ether oxygens (including phenoxy) is 1. The van der Waals surface area contributed by atoms with Crippen molar-refractivity contribution in [1.82, 2.24) is 9.78 Å². The van der Waals surface area contributed by atoms with E-state index < -0.39 is 5.97 Å². The number of aliphatic carboxylic acids is 1. The molecule has 5 nitrogen and oxygen atoms in total. The third-order valence-corrected chi connectivity index (χ3v) is 1.40. The summed E-state index contributed by atoms with van der Waals surface area (Å²) >= 11 is 0. The Morgan fingerprint density at radius 3 is 3.08 bits per heavy atom. The molecule has 0 fully saturated rings. The van der Waals surface area contributed by atoms with Crippen LogP contribution >= 0.6 is 0 Å². The van der Waals surface area contributed by atoms with E-state index in [1.54, 1.807) is 19.5 Å². The van der Waals surface area contributed by atoms with Gasteiger partial charge in [-0.05, 0) is 0 Å². The standard InChI is InChI=1S/C7H10N2O3/c1-12-6-4-8-9(5-6)3-2-7(10)11/h4-5H,2-3H2,1H3,(H,10,11).